The van der Waals surface area contributed by atoms with E-state index in [0.29, 0.717) is 43.0 Å². The Kier molecular flexibility index (Phi) is 7.19. The van der Waals surface area contributed by atoms with Crippen molar-refractivity contribution in [2.24, 2.45) is 0 Å². The summed E-state index contributed by atoms with van der Waals surface area (Å²) in [4.78, 5) is 38.8. The Hall–Kier alpha value is -3.19. The zero-order valence-electron chi connectivity index (χ0n) is 17.1. The summed E-state index contributed by atoms with van der Waals surface area (Å²) in [6, 6.07) is 15.8. The normalized spacial score (nSPS) is 15.7. The second-order valence-corrected chi connectivity index (χ2v) is 7.03. The molecule has 7 heteroatoms. The van der Waals surface area contributed by atoms with Gasteiger partial charge in [0.25, 0.3) is 0 Å². The molecule has 0 aromatic heterocycles. The molecule has 7 nitrogen and oxygen atoms in total. The standard InChI is InChI=1S/C23H25NO6/c1-16(22(26)29-17(2)30-23(27)24-11-13-28-14-12-24)19-9-6-10-20(15-19)21(25)18-7-4-3-5-8-18/h3-10,15-17H,11-14H2,1-2H3. The molecule has 0 bridgehead atoms. The van der Waals surface area contributed by atoms with Gasteiger partial charge < -0.3 is 19.1 Å². The Morgan fingerprint density at radius 1 is 0.900 bits per heavy atom. The first-order valence-electron chi connectivity index (χ1n) is 9.89. The predicted molar refractivity (Wildman–Crippen MR) is 109 cm³/mol. The molecule has 1 amide bonds. The molecule has 0 spiro atoms. The van der Waals surface area contributed by atoms with Crippen molar-refractivity contribution in [1.82, 2.24) is 4.90 Å². The molecule has 1 aliphatic heterocycles. The predicted octanol–water partition coefficient (Wildman–Crippen LogP) is 3.38. The number of hydrogen-bond donors (Lipinski definition) is 0. The average Bonchev–Trinajstić information content (AvgIpc) is 2.79. The summed E-state index contributed by atoms with van der Waals surface area (Å²) in [6.07, 6.45) is -1.56. The maximum absolute atomic E-state index is 12.7. The molecular weight excluding hydrogens is 386 g/mol. The van der Waals surface area contributed by atoms with E-state index in [9.17, 15) is 14.4 Å². The molecule has 0 saturated carbocycles. The summed E-state index contributed by atoms with van der Waals surface area (Å²) < 4.78 is 15.7. The maximum atomic E-state index is 12.7. The van der Waals surface area contributed by atoms with Crippen molar-refractivity contribution in [2.75, 3.05) is 26.3 Å². The topological polar surface area (TPSA) is 82.1 Å². The lowest BCUT2D eigenvalue weighted by Crippen LogP contribution is -2.42. The van der Waals surface area contributed by atoms with Crippen LogP contribution >= 0.6 is 0 Å². The largest absolute Gasteiger partial charge is 0.425 e. The van der Waals surface area contributed by atoms with Gasteiger partial charge in [-0.2, -0.15) is 0 Å². The number of morpholine rings is 1. The van der Waals surface area contributed by atoms with Gasteiger partial charge in [0.1, 0.15) is 0 Å². The van der Waals surface area contributed by atoms with Gasteiger partial charge in [-0.1, -0.05) is 48.5 Å². The molecule has 158 valence electrons. The Morgan fingerprint density at radius 2 is 1.57 bits per heavy atom. The van der Waals surface area contributed by atoms with Crippen LogP contribution in [0.15, 0.2) is 54.6 Å². The van der Waals surface area contributed by atoms with E-state index in [1.165, 1.54) is 11.8 Å². The summed E-state index contributed by atoms with van der Waals surface area (Å²) >= 11 is 0. The number of carbonyl (C=O) groups is 3. The number of amides is 1. The summed E-state index contributed by atoms with van der Waals surface area (Å²) in [5.74, 6) is -1.29. The van der Waals surface area contributed by atoms with Crippen molar-refractivity contribution in [1.29, 1.82) is 0 Å². The Morgan fingerprint density at radius 3 is 2.27 bits per heavy atom. The molecule has 1 fully saturated rings. The Labute approximate surface area is 175 Å². The van der Waals surface area contributed by atoms with Gasteiger partial charge in [0.15, 0.2) is 5.78 Å². The number of ether oxygens (including phenoxy) is 3. The molecule has 30 heavy (non-hydrogen) atoms. The first-order chi connectivity index (χ1) is 14.5. The second-order valence-electron chi connectivity index (χ2n) is 7.03. The fourth-order valence-electron chi connectivity index (χ4n) is 3.09. The van der Waals surface area contributed by atoms with E-state index in [4.69, 9.17) is 14.2 Å². The van der Waals surface area contributed by atoms with Crippen molar-refractivity contribution in [3.63, 3.8) is 0 Å². The van der Waals surface area contributed by atoms with Crippen molar-refractivity contribution in [3.05, 3.63) is 71.3 Å². The van der Waals surface area contributed by atoms with Gasteiger partial charge in [-0.05, 0) is 18.6 Å². The number of rotatable bonds is 6. The van der Waals surface area contributed by atoms with Gasteiger partial charge in [-0.25, -0.2) is 4.79 Å². The van der Waals surface area contributed by atoms with Gasteiger partial charge in [0.2, 0.25) is 6.29 Å². The van der Waals surface area contributed by atoms with Crippen LogP contribution in [0.1, 0.15) is 41.3 Å². The van der Waals surface area contributed by atoms with Crippen molar-refractivity contribution >= 4 is 17.8 Å². The minimum absolute atomic E-state index is 0.120. The lowest BCUT2D eigenvalue weighted by Gasteiger charge is -2.27. The van der Waals surface area contributed by atoms with E-state index in [0.717, 1.165) is 0 Å². The number of nitrogens with zero attached hydrogens (tertiary/aromatic N) is 1. The highest BCUT2D eigenvalue weighted by Crippen LogP contribution is 2.21. The van der Waals surface area contributed by atoms with E-state index in [1.807, 2.05) is 6.07 Å². The molecule has 1 heterocycles. The molecule has 2 aromatic rings. The van der Waals surface area contributed by atoms with Gasteiger partial charge in [-0.15, -0.1) is 0 Å². The molecule has 1 aliphatic rings. The number of ketones is 1. The first-order valence-corrected chi connectivity index (χ1v) is 9.89. The van der Waals surface area contributed by atoms with Crippen LogP contribution in [0, 0.1) is 0 Å². The van der Waals surface area contributed by atoms with E-state index < -0.39 is 24.3 Å². The van der Waals surface area contributed by atoms with Gasteiger partial charge >= 0.3 is 12.1 Å². The SMILES string of the molecule is CC(OC(=O)C(C)c1cccc(C(=O)c2ccccc2)c1)OC(=O)N1CCOCC1. The van der Waals surface area contributed by atoms with Gasteiger partial charge in [0.05, 0.1) is 19.1 Å². The highest BCUT2D eigenvalue weighted by atomic mass is 16.7. The van der Waals surface area contributed by atoms with E-state index in [1.54, 1.807) is 55.5 Å². The molecule has 0 radical (unpaired) electrons. The average molecular weight is 411 g/mol. The summed E-state index contributed by atoms with van der Waals surface area (Å²) in [5, 5.41) is 0. The molecular formula is C23H25NO6. The van der Waals surface area contributed by atoms with Crippen LogP contribution in [0.2, 0.25) is 0 Å². The van der Waals surface area contributed by atoms with Crippen LogP contribution in [0.4, 0.5) is 4.79 Å². The number of hydrogen-bond acceptors (Lipinski definition) is 6. The van der Waals surface area contributed by atoms with E-state index in [2.05, 4.69) is 0 Å². The van der Waals surface area contributed by atoms with Crippen LogP contribution in [-0.4, -0.2) is 55.3 Å². The maximum Gasteiger partial charge on any atom is 0.413 e. The highest BCUT2D eigenvalue weighted by molar-refractivity contribution is 6.09. The molecule has 3 rings (SSSR count). The quantitative estimate of drug-likeness (QED) is 0.412. The number of esters is 1. The Bertz CT molecular complexity index is 892. The van der Waals surface area contributed by atoms with Crippen LogP contribution in [-0.2, 0) is 19.0 Å². The molecule has 0 aliphatic carbocycles. The summed E-state index contributed by atoms with van der Waals surface area (Å²) in [6.45, 7) is 4.98. The van der Waals surface area contributed by atoms with Crippen molar-refractivity contribution in [3.8, 4) is 0 Å². The smallest absolute Gasteiger partial charge is 0.413 e. The molecule has 2 unspecified atom stereocenters. The van der Waals surface area contributed by atoms with Crippen molar-refractivity contribution in [2.45, 2.75) is 26.1 Å². The number of carbonyl (C=O) groups excluding carboxylic acids is 3. The third-order valence-electron chi connectivity index (χ3n) is 4.86. The zero-order chi connectivity index (χ0) is 21.5. The van der Waals surface area contributed by atoms with Crippen LogP contribution in [0.5, 0.6) is 0 Å². The fraction of sp³-hybridized carbons (Fsp3) is 0.348. The van der Waals surface area contributed by atoms with Crippen LogP contribution in [0.25, 0.3) is 0 Å². The van der Waals surface area contributed by atoms with Crippen molar-refractivity contribution < 1.29 is 28.6 Å². The highest BCUT2D eigenvalue weighted by Gasteiger charge is 2.25. The summed E-state index contributed by atoms with van der Waals surface area (Å²) in [7, 11) is 0. The molecule has 2 aromatic carbocycles. The molecule has 0 N–H and O–H groups in total. The van der Waals surface area contributed by atoms with E-state index >= 15 is 0 Å². The van der Waals surface area contributed by atoms with E-state index in [-0.39, 0.29) is 5.78 Å². The lowest BCUT2D eigenvalue weighted by atomic mass is 9.96. The van der Waals surface area contributed by atoms with Gasteiger partial charge in [0, 0.05) is 31.1 Å². The van der Waals surface area contributed by atoms with Gasteiger partial charge in [-0.3, -0.25) is 9.59 Å². The Balaban J connectivity index is 1.60. The monoisotopic (exact) mass is 411 g/mol. The third-order valence-corrected chi connectivity index (χ3v) is 4.86. The number of benzene rings is 2. The lowest BCUT2D eigenvalue weighted by molar-refractivity contribution is -0.168. The minimum atomic E-state index is -1.02. The minimum Gasteiger partial charge on any atom is -0.425 e. The second kappa shape index (κ2) is 10.0. The summed E-state index contributed by atoms with van der Waals surface area (Å²) in [5.41, 5.74) is 1.71. The third kappa shape index (κ3) is 5.45. The first kappa shape index (κ1) is 21.5. The fourth-order valence-corrected chi connectivity index (χ4v) is 3.09. The molecule has 2 atom stereocenters. The zero-order valence-corrected chi connectivity index (χ0v) is 17.1. The molecule has 1 saturated heterocycles. The van der Waals surface area contributed by atoms with Crippen LogP contribution in [0.3, 0.4) is 0 Å². The van der Waals surface area contributed by atoms with Crippen LogP contribution < -0.4 is 0 Å².